The van der Waals surface area contributed by atoms with Crippen LogP contribution in [0.25, 0.3) is 0 Å². The molecule has 0 aliphatic rings. The molecule has 0 saturated heterocycles. The van der Waals surface area contributed by atoms with Crippen molar-refractivity contribution in [2.75, 3.05) is 6.61 Å². The molecule has 0 fully saturated rings. The van der Waals surface area contributed by atoms with Crippen molar-refractivity contribution in [2.45, 2.75) is 12.8 Å². The second-order valence-corrected chi connectivity index (χ2v) is 3.80. The van der Waals surface area contributed by atoms with Gasteiger partial charge in [-0.05, 0) is 10.7 Å². The summed E-state index contributed by atoms with van der Waals surface area (Å²) in [6.45, 7) is -0.168. The molecule has 1 aromatic heterocycles. The van der Waals surface area contributed by atoms with Gasteiger partial charge in [0.05, 0.1) is 11.3 Å². The summed E-state index contributed by atoms with van der Waals surface area (Å²) >= 11 is 0. The van der Waals surface area contributed by atoms with Crippen LogP contribution in [0.3, 0.4) is 0 Å². The molecular formula is C11H10N2O6. The summed E-state index contributed by atoms with van der Waals surface area (Å²) in [6.07, 6.45) is 0.321. The van der Waals surface area contributed by atoms with E-state index >= 15 is 0 Å². The summed E-state index contributed by atoms with van der Waals surface area (Å²) < 4.78 is 8.86. The van der Waals surface area contributed by atoms with Crippen molar-refractivity contribution in [3.05, 3.63) is 55.9 Å². The molecule has 0 saturated carbocycles. The van der Waals surface area contributed by atoms with Crippen LogP contribution >= 0.6 is 0 Å². The molecule has 8 heteroatoms. The lowest BCUT2D eigenvalue weighted by atomic mass is 10.0. The Morgan fingerprint density at radius 2 is 2.21 bits per heavy atom. The van der Waals surface area contributed by atoms with Crippen molar-refractivity contribution >= 4 is 5.69 Å². The van der Waals surface area contributed by atoms with Crippen LogP contribution in [-0.4, -0.2) is 21.8 Å². The molecule has 1 N–H and O–H groups in total. The van der Waals surface area contributed by atoms with E-state index in [0.717, 1.165) is 0 Å². The van der Waals surface area contributed by atoms with Crippen LogP contribution in [0.4, 0.5) is 5.69 Å². The van der Waals surface area contributed by atoms with Gasteiger partial charge in [-0.25, -0.2) is 4.79 Å². The Morgan fingerprint density at radius 3 is 2.79 bits per heavy atom. The Balaban J connectivity index is 2.29. The number of aromatic nitrogens is 1. The molecule has 0 aliphatic heterocycles. The largest absolute Gasteiger partial charge is 0.542 e. The highest BCUT2D eigenvalue weighted by Gasteiger charge is 2.15. The molecule has 100 valence electrons. The Hall–Kier alpha value is -2.48. The van der Waals surface area contributed by atoms with Gasteiger partial charge in [-0.2, -0.15) is 0 Å². The molecule has 0 atom stereocenters. The topological polar surface area (TPSA) is 120 Å². The fourth-order valence-corrected chi connectivity index (χ4v) is 1.69. The lowest BCUT2D eigenvalue weighted by Crippen LogP contribution is -2.00. The first-order valence-corrected chi connectivity index (χ1v) is 5.43. The highest BCUT2D eigenvalue weighted by atomic mass is 16.6. The second-order valence-electron chi connectivity index (χ2n) is 3.80. The number of rotatable bonds is 5. The van der Waals surface area contributed by atoms with Gasteiger partial charge in [0.15, 0.2) is 0 Å². The molecule has 0 unspecified atom stereocenters. The van der Waals surface area contributed by atoms with Gasteiger partial charge >= 0.3 is 5.82 Å². The third-order valence-electron chi connectivity index (χ3n) is 2.51. The minimum Gasteiger partial charge on any atom is -0.396 e. The van der Waals surface area contributed by atoms with Crippen molar-refractivity contribution in [1.29, 1.82) is 0 Å². The van der Waals surface area contributed by atoms with E-state index in [9.17, 15) is 14.9 Å². The van der Waals surface area contributed by atoms with Crippen molar-refractivity contribution in [2.24, 2.45) is 0 Å². The average molecular weight is 266 g/mol. The normalized spacial score (nSPS) is 10.6. The Kier molecular flexibility index (Phi) is 3.71. The Morgan fingerprint density at radius 1 is 1.42 bits per heavy atom. The quantitative estimate of drug-likeness (QED) is 0.623. The van der Waals surface area contributed by atoms with Crippen LogP contribution in [0, 0.1) is 10.1 Å². The molecular weight excluding hydrogens is 256 g/mol. The van der Waals surface area contributed by atoms with Gasteiger partial charge in [0.2, 0.25) is 5.89 Å². The number of aliphatic hydroxyl groups excluding tert-OH is 1. The summed E-state index contributed by atoms with van der Waals surface area (Å²) in [6, 6.07) is 4.56. The van der Waals surface area contributed by atoms with Crippen LogP contribution in [0.15, 0.2) is 31.9 Å². The lowest BCUT2D eigenvalue weighted by molar-refractivity contribution is -0.385. The maximum Gasteiger partial charge on any atom is 0.542 e. The van der Waals surface area contributed by atoms with E-state index in [0.29, 0.717) is 11.1 Å². The van der Waals surface area contributed by atoms with Crippen LogP contribution in [0.5, 0.6) is 0 Å². The number of benzene rings is 1. The summed E-state index contributed by atoms with van der Waals surface area (Å²) in [5, 5.41) is 23.1. The molecule has 0 radical (unpaired) electrons. The fourth-order valence-electron chi connectivity index (χ4n) is 1.69. The third kappa shape index (κ3) is 3.05. The molecule has 0 amide bonds. The molecule has 2 aromatic rings. The maximum atomic E-state index is 10.9. The number of nitro benzene ring substituents is 1. The molecule has 2 rings (SSSR count). The summed E-state index contributed by atoms with van der Waals surface area (Å²) in [5.74, 6) is -0.865. The van der Waals surface area contributed by atoms with E-state index in [-0.39, 0.29) is 31.0 Å². The van der Waals surface area contributed by atoms with Gasteiger partial charge in [-0.1, -0.05) is 12.1 Å². The SMILES string of the molecule is O=c1onc(Cc2ccc(CCO)c([N+](=O)[O-])c2)o1. The predicted molar refractivity (Wildman–Crippen MR) is 61.7 cm³/mol. The first-order valence-electron chi connectivity index (χ1n) is 5.43. The van der Waals surface area contributed by atoms with Crippen LogP contribution in [-0.2, 0) is 12.8 Å². The smallest absolute Gasteiger partial charge is 0.396 e. The van der Waals surface area contributed by atoms with Crippen LogP contribution in [0.2, 0.25) is 0 Å². The minimum atomic E-state index is -0.915. The Labute approximate surface area is 106 Å². The minimum absolute atomic E-state index is 0.0502. The first kappa shape index (κ1) is 13.0. The van der Waals surface area contributed by atoms with E-state index in [1.54, 1.807) is 12.1 Å². The van der Waals surface area contributed by atoms with Crippen LogP contribution < -0.4 is 5.82 Å². The maximum absolute atomic E-state index is 10.9. The van der Waals surface area contributed by atoms with Gasteiger partial charge in [-0.3, -0.25) is 14.6 Å². The van der Waals surface area contributed by atoms with Crippen molar-refractivity contribution < 1.29 is 19.0 Å². The fraction of sp³-hybridized carbons (Fsp3) is 0.273. The van der Waals surface area contributed by atoms with Crippen molar-refractivity contribution in [1.82, 2.24) is 5.16 Å². The van der Waals surface area contributed by atoms with Crippen molar-refractivity contribution in [3.8, 4) is 0 Å². The van der Waals surface area contributed by atoms with E-state index in [1.165, 1.54) is 6.07 Å². The molecule has 8 nitrogen and oxygen atoms in total. The van der Waals surface area contributed by atoms with E-state index < -0.39 is 10.7 Å². The number of hydrogen-bond donors (Lipinski definition) is 1. The van der Waals surface area contributed by atoms with Gasteiger partial charge in [-0.15, -0.1) is 0 Å². The zero-order valence-corrected chi connectivity index (χ0v) is 9.74. The Bertz CT molecular complexity index is 645. The molecule has 1 aromatic carbocycles. The highest BCUT2D eigenvalue weighted by molar-refractivity contribution is 5.44. The standard InChI is InChI=1S/C11H10N2O6/c14-4-3-8-2-1-7(5-9(8)13(16)17)6-10-12-19-11(15)18-10/h1-2,5,14H,3-4,6H2. The second kappa shape index (κ2) is 5.44. The predicted octanol–water partition coefficient (Wildman–Crippen LogP) is 0.662. The summed E-state index contributed by atoms with van der Waals surface area (Å²) in [5.41, 5.74) is 0.917. The number of aliphatic hydroxyl groups is 1. The summed E-state index contributed by atoms with van der Waals surface area (Å²) in [4.78, 5) is 21.1. The lowest BCUT2D eigenvalue weighted by Gasteiger charge is -2.03. The molecule has 19 heavy (non-hydrogen) atoms. The van der Waals surface area contributed by atoms with E-state index in [4.69, 9.17) is 5.11 Å². The zero-order valence-electron chi connectivity index (χ0n) is 9.74. The monoisotopic (exact) mass is 266 g/mol. The molecule has 1 heterocycles. The average Bonchev–Trinajstić information content (AvgIpc) is 2.77. The third-order valence-corrected chi connectivity index (χ3v) is 2.51. The van der Waals surface area contributed by atoms with Crippen LogP contribution in [0.1, 0.15) is 17.0 Å². The van der Waals surface area contributed by atoms with Gasteiger partial charge in [0.1, 0.15) is 0 Å². The van der Waals surface area contributed by atoms with Gasteiger partial charge in [0.25, 0.3) is 5.69 Å². The van der Waals surface area contributed by atoms with Gasteiger partial charge in [0, 0.05) is 24.7 Å². The molecule has 0 aliphatic carbocycles. The first-order chi connectivity index (χ1) is 9.10. The molecule has 0 bridgehead atoms. The zero-order chi connectivity index (χ0) is 13.8. The summed E-state index contributed by atoms with van der Waals surface area (Å²) in [7, 11) is 0. The number of nitrogens with zero attached hydrogens (tertiary/aromatic N) is 2. The van der Waals surface area contributed by atoms with Gasteiger partial charge < -0.3 is 9.52 Å². The number of hydrogen-bond acceptors (Lipinski definition) is 7. The molecule has 0 spiro atoms. The highest BCUT2D eigenvalue weighted by Crippen LogP contribution is 2.22. The number of nitro groups is 1. The van der Waals surface area contributed by atoms with E-state index in [2.05, 4.69) is 14.1 Å². The van der Waals surface area contributed by atoms with E-state index in [1.807, 2.05) is 0 Å². The van der Waals surface area contributed by atoms with Crippen molar-refractivity contribution in [3.63, 3.8) is 0 Å².